The number of likely N-dealkylation sites (tertiary alicyclic amines) is 1. The fraction of sp³-hybridized carbons (Fsp3) is 0.450. The van der Waals surface area contributed by atoms with Gasteiger partial charge in [-0.25, -0.2) is 0 Å². The van der Waals surface area contributed by atoms with Gasteiger partial charge < -0.3 is 14.5 Å². The van der Waals surface area contributed by atoms with E-state index >= 15 is 0 Å². The third-order valence-corrected chi connectivity index (χ3v) is 4.40. The Balaban J connectivity index is 1.61. The van der Waals surface area contributed by atoms with Crippen molar-refractivity contribution in [1.29, 1.82) is 0 Å². The fourth-order valence-corrected chi connectivity index (χ4v) is 3.19. The number of benzene rings is 1. The molecule has 1 aromatic carbocycles. The summed E-state index contributed by atoms with van der Waals surface area (Å²) in [6.07, 6.45) is 4.20. The highest BCUT2D eigenvalue weighted by molar-refractivity contribution is 5.94. The summed E-state index contributed by atoms with van der Waals surface area (Å²) in [6, 6.07) is 11.2. The van der Waals surface area contributed by atoms with Gasteiger partial charge in [0, 0.05) is 12.1 Å². The van der Waals surface area contributed by atoms with Gasteiger partial charge in [0.15, 0.2) is 0 Å². The maximum atomic E-state index is 12.5. The molecule has 1 aromatic heterocycles. The van der Waals surface area contributed by atoms with E-state index in [0.717, 1.165) is 24.6 Å². The Morgan fingerprint density at radius 1 is 1.20 bits per heavy atom. The summed E-state index contributed by atoms with van der Waals surface area (Å²) in [5.41, 5.74) is 0.635. The van der Waals surface area contributed by atoms with Crippen LogP contribution < -0.4 is 10.1 Å². The number of amides is 1. The molecule has 1 saturated heterocycles. The normalized spacial score (nSPS) is 16.1. The van der Waals surface area contributed by atoms with Crippen molar-refractivity contribution in [3.63, 3.8) is 0 Å². The molecular weight excluding hydrogens is 316 g/mol. The van der Waals surface area contributed by atoms with E-state index < -0.39 is 0 Å². The number of carbonyl (C=O) groups excluding carboxylic acids is 1. The summed E-state index contributed by atoms with van der Waals surface area (Å²) < 4.78 is 11.2. The lowest BCUT2D eigenvalue weighted by atomic mass is 10.1. The van der Waals surface area contributed by atoms with Gasteiger partial charge in [0.2, 0.25) is 0 Å². The van der Waals surface area contributed by atoms with Crippen LogP contribution in [-0.2, 0) is 0 Å². The second kappa shape index (κ2) is 8.21. The number of nitrogens with one attached hydrogen (secondary N) is 1. The van der Waals surface area contributed by atoms with Crippen molar-refractivity contribution in [3.05, 3.63) is 54.0 Å². The van der Waals surface area contributed by atoms with Gasteiger partial charge in [-0.15, -0.1) is 0 Å². The van der Waals surface area contributed by atoms with Crippen LogP contribution in [0.3, 0.4) is 0 Å². The lowest BCUT2D eigenvalue weighted by Gasteiger charge is -2.26. The van der Waals surface area contributed by atoms with Crippen molar-refractivity contribution in [2.24, 2.45) is 0 Å². The SMILES string of the molecule is CC(C)Oc1ccc(C(=O)NC[C@H](c2ccco2)N2CCCC2)cc1. The van der Waals surface area contributed by atoms with Gasteiger partial charge in [-0.05, 0) is 76.2 Å². The zero-order valence-corrected chi connectivity index (χ0v) is 14.9. The fourth-order valence-electron chi connectivity index (χ4n) is 3.19. The van der Waals surface area contributed by atoms with Crippen LogP contribution in [0.5, 0.6) is 5.75 Å². The monoisotopic (exact) mass is 342 g/mol. The van der Waals surface area contributed by atoms with Crippen molar-refractivity contribution in [1.82, 2.24) is 10.2 Å². The maximum Gasteiger partial charge on any atom is 0.251 e. The first kappa shape index (κ1) is 17.5. The largest absolute Gasteiger partial charge is 0.491 e. The Bertz CT molecular complexity index is 659. The highest BCUT2D eigenvalue weighted by Gasteiger charge is 2.26. The van der Waals surface area contributed by atoms with Crippen molar-refractivity contribution in [2.45, 2.75) is 38.8 Å². The van der Waals surface area contributed by atoms with Crippen LogP contribution in [0.4, 0.5) is 0 Å². The van der Waals surface area contributed by atoms with Crippen LogP contribution in [0.15, 0.2) is 47.1 Å². The number of rotatable bonds is 7. The van der Waals surface area contributed by atoms with E-state index in [1.54, 1.807) is 18.4 Å². The quantitative estimate of drug-likeness (QED) is 0.835. The zero-order valence-electron chi connectivity index (χ0n) is 14.9. The Labute approximate surface area is 149 Å². The minimum Gasteiger partial charge on any atom is -0.491 e. The van der Waals surface area contributed by atoms with Crippen molar-refractivity contribution in [2.75, 3.05) is 19.6 Å². The lowest BCUT2D eigenvalue weighted by Crippen LogP contribution is -2.36. The van der Waals surface area contributed by atoms with Crippen molar-refractivity contribution in [3.8, 4) is 5.75 Å². The first-order valence-corrected chi connectivity index (χ1v) is 8.96. The Morgan fingerprint density at radius 2 is 1.92 bits per heavy atom. The van der Waals surface area contributed by atoms with Gasteiger partial charge in [0.25, 0.3) is 5.91 Å². The molecular formula is C20H26N2O3. The van der Waals surface area contributed by atoms with Gasteiger partial charge in [-0.3, -0.25) is 9.69 Å². The molecule has 0 bridgehead atoms. The first-order valence-electron chi connectivity index (χ1n) is 8.96. The van der Waals surface area contributed by atoms with E-state index in [-0.39, 0.29) is 18.1 Å². The van der Waals surface area contributed by atoms with Crippen LogP contribution >= 0.6 is 0 Å². The number of furan rings is 1. The number of hydrogen-bond acceptors (Lipinski definition) is 4. The second-order valence-corrected chi connectivity index (χ2v) is 6.68. The number of nitrogens with zero attached hydrogens (tertiary/aromatic N) is 1. The van der Waals surface area contributed by atoms with E-state index in [0.29, 0.717) is 12.1 Å². The van der Waals surface area contributed by atoms with Crippen LogP contribution in [-0.4, -0.2) is 36.5 Å². The third kappa shape index (κ3) is 4.63. The molecule has 134 valence electrons. The molecule has 1 fully saturated rings. The van der Waals surface area contributed by atoms with Gasteiger partial charge in [-0.2, -0.15) is 0 Å². The molecule has 5 nitrogen and oxygen atoms in total. The molecule has 1 amide bonds. The first-order chi connectivity index (χ1) is 12.1. The molecule has 0 radical (unpaired) electrons. The second-order valence-electron chi connectivity index (χ2n) is 6.68. The molecule has 0 saturated carbocycles. The molecule has 1 aliphatic rings. The molecule has 2 heterocycles. The molecule has 3 rings (SSSR count). The zero-order chi connectivity index (χ0) is 17.6. The van der Waals surface area contributed by atoms with Crippen molar-refractivity contribution >= 4 is 5.91 Å². The Kier molecular flexibility index (Phi) is 5.76. The highest BCUT2D eigenvalue weighted by Crippen LogP contribution is 2.25. The molecule has 0 unspecified atom stereocenters. The molecule has 0 spiro atoms. The van der Waals surface area contributed by atoms with E-state index in [1.807, 2.05) is 38.1 Å². The van der Waals surface area contributed by atoms with Crippen LogP contribution in [0.1, 0.15) is 48.8 Å². The van der Waals surface area contributed by atoms with E-state index in [4.69, 9.17) is 9.15 Å². The Morgan fingerprint density at radius 3 is 2.52 bits per heavy atom. The smallest absolute Gasteiger partial charge is 0.251 e. The topological polar surface area (TPSA) is 54.7 Å². The minimum atomic E-state index is -0.0770. The van der Waals surface area contributed by atoms with Gasteiger partial charge in [0.1, 0.15) is 11.5 Å². The van der Waals surface area contributed by atoms with Crippen molar-refractivity contribution < 1.29 is 13.9 Å². The molecule has 0 aliphatic carbocycles. The predicted molar refractivity (Wildman–Crippen MR) is 96.8 cm³/mol. The number of hydrogen-bond donors (Lipinski definition) is 1. The van der Waals surface area contributed by atoms with Gasteiger partial charge >= 0.3 is 0 Å². The summed E-state index contributed by atoms with van der Waals surface area (Å²) in [6.45, 7) is 6.59. The third-order valence-electron chi connectivity index (χ3n) is 4.40. The summed E-state index contributed by atoms with van der Waals surface area (Å²) in [7, 11) is 0. The average molecular weight is 342 g/mol. The lowest BCUT2D eigenvalue weighted by molar-refractivity contribution is 0.0933. The van der Waals surface area contributed by atoms with Gasteiger partial charge in [0.05, 0.1) is 18.4 Å². The maximum absolute atomic E-state index is 12.5. The summed E-state index contributed by atoms with van der Waals surface area (Å²) in [5, 5.41) is 3.04. The van der Waals surface area contributed by atoms with Crippen LogP contribution in [0.25, 0.3) is 0 Å². The summed E-state index contributed by atoms with van der Waals surface area (Å²) in [4.78, 5) is 14.8. The van der Waals surface area contributed by atoms with E-state index in [2.05, 4.69) is 10.2 Å². The van der Waals surface area contributed by atoms with E-state index in [9.17, 15) is 4.79 Å². The highest BCUT2D eigenvalue weighted by atomic mass is 16.5. The molecule has 1 atom stereocenters. The van der Waals surface area contributed by atoms with E-state index in [1.165, 1.54) is 12.8 Å². The Hall–Kier alpha value is -2.27. The molecule has 5 heteroatoms. The standard InChI is InChI=1S/C20H26N2O3/c1-15(2)25-17-9-7-16(8-10-17)20(23)21-14-18(19-6-5-13-24-19)22-11-3-4-12-22/h5-10,13,15,18H,3-4,11-12,14H2,1-2H3,(H,21,23)/t18-/m1/s1. The molecule has 25 heavy (non-hydrogen) atoms. The van der Waals surface area contributed by atoms with Crippen LogP contribution in [0, 0.1) is 0 Å². The molecule has 1 aliphatic heterocycles. The summed E-state index contributed by atoms with van der Waals surface area (Å²) in [5.74, 6) is 1.60. The number of ether oxygens (including phenoxy) is 1. The summed E-state index contributed by atoms with van der Waals surface area (Å²) >= 11 is 0. The van der Waals surface area contributed by atoms with Gasteiger partial charge in [-0.1, -0.05) is 0 Å². The average Bonchev–Trinajstić information content (AvgIpc) is 3.29. The van der Waals surface area contributed by atoms with Crippen LogP contribution in [0.2, 0.25) is 0 Å². The number of carbonyl (C=O) groups is 1. The molecule has 2 aromatic rings. The minimum absolute atomic E-state index is 0.0770. The predicted octanol–water partition coefficient (Wildman–Crippen LogP) is 3.63. The molecule has 1 N–H and O–H groups in total.